The second-order valence-corrected chi connectivity index (χ2v) is 16.0. The highest BCUT2D eigenvalue weighted by Gasteiger charge is 2.22. The third kappa shape index (κ3) is 4.88. The highest BCUT2D eigenvalue weighted by molar-refractivity contribution is 6.38. The molecule has 0 bridgehead atoms. The molecule has 12 aromatic carbocycles. The summed E-state index contributed by atoms with van der Waals surface area (Å²) in [6.07, 6.45) is 0. The fourth-order valence-corrected chi connectivity index (χ4v) is 10.0. The first-order chi connectivity index (χ1) is 29.7. The Labute approximate surface area is 346 Å². The molecule has 0 unspecified atom stereocenters. The number of hydrogen-bond acceptors (Lipinski definition) is 2. The Morgan fingerprint density at radius 3 is 1.40 bits per heavy atom. The molecule has 0 aliphatic carbocycles. The van der Waals surface area contributed by atoms with E-state index in [2.05, 4.69) is 205 Å². The van der Waals surface area contributed by atoms with E-state index in [1.165, 1.54) is 75.8 Å². The molecule has 0 saturated heterocycles. The molecular weight excluding hydrogens is 727 g/mol. The van der Waals surface area contributed by atoms with E-state index >= 15 is 0 Å². The van der Waals surface area contributed by atoms with Crippen LogP contribution in [0.2, 0.25) is 0 Å². The summed E-state index contributed by atoms with van der Waals surface area (Å²) in [6, 6.07) is 77.8. The molecule has 13 rings (SSSR count). The number of anilines is 3. The maximum atomic E-state index is 6.29. The van der Waals surface area contributed by atoms with Gasteiger partial charge in [0.2, 0.25) is 0 Å². The normalized spacial score (nSPS) is 12.0. The highest BCUT2D eigenvalue weighted by Crippen LogP contribution is 2.48. The highest BCUT2D eigenvalue weighted by atomic mass is 16.3. The van der Waals surface area contributed by atoms with Gasteiger partial charge in [0.15, 0.2) is 0 Å². The van der Waals surface area contributed by atoms with E-state index in [9.17, 15) is 0 Å². The first-order valence-corrected chi connectivity index (χ1v) is 20.7. The van der Waals surface area contributed by atoms with E-state index in [1.807, 2.05) is 12.1 Å². The Morgan fingerprint density at radius 1 is 0.267 bits per heavy atom. The summed E-state index contributed by atoms with van der Waals surface area (Å²) in [5.74, 6) is 0. The lowest BCUT2D eigenvalue weighted by Gasteiger charge is -2.28. The number of furan rings is 1. The predicted octanol–water partition coefficient (Wildman–Crippen LogP) is 16.7. The molecule has 1 heterocycles. The van der Waals surface area contributed by atoms with Crippen molar-refractivity contribution in [3.05, 3.63) is 212 Å². The average molecular weight is 762 g/mol. The van der Waals surface area contributed by atoms with Crippen molar-refractivity contribution in [2.75, 3.05) is 4.90 Å². The number of fused-ring (bicyclic) bond motifs is 5. The second kappa shape index (κ2) is 12.8. The molecule has 278 valence electrons. The van der Waals surface area contributed by atoms with Gasteiger partial charge in [0, 0.05) is 32.9 Å². The van der Waals surface area contributed by atoms with Crippen LogP contribution in [0.5, 0.6) is 0 Å². The van der Waals surface area contributed by atoms with Crippen molar-refractivity contribution < 1.29 is 4.42 Å². The van der Waals surface area contributed by atoms with Gasteiger partial charge in [0.1, 0.15) is 11.2 Å². The maximum Gasteiger partial charge on any atom is 0.136 e. The van der Waals surface area contributed by atoms with Crippen LogP contribution in [-0.4, -0.2) is 0 Å². The second-order valence-electron chi connectivity index (χ2n) is 16.0. The molecule has 2 heteroatoms. The zero-order valence-corrected chi connectivity index (χ0v) is 32.6. The summed E-state index contributed by atoms with van der Waals surface area (Å²) in [4.78, 5) is 2.44. The number of benzene rings is 11. The molecule has 1 aromatic heterocycles. The van der Waals surface area contributed by atoms with E-state index in [1.54, 1.807) is 0 Å². The predicted molar refractivity (Wildman–Crippen MR) is 255 cm³/mol. The minimum absolute atomic E-state index is 0.901. The fourth-order valence-electron chi connectivity index (χ4n) is 10.0. The van der Waals surface area contributed by atoms with Gasteiger partial charge in [0.05, 0.1) is 5.69 Å². The zero-order valence-electron chi connectivity index (χ0n) is 32.6. The Kier molecular flexibility index (Phi) is 7.05. The molecule has 60 heavy (non-hydrogen) atoms. The molecule has 0 aliphatic heterocycles. The lowest BCUT2D eigenvalue weighted by Crippen LogP contribution is -2.10. The van der Waals surface area contributed by atoms with Crippen LogP contribution in [0, 0.1) is 0 Å². The van der Waals surface area contributed by atoms with Crippen molar-refractivity contribution >= 4 is 104 Å². The van der Waals surface area contributed by atoms with Crippen molar-refractivity contribution in [1.29, 1.82) is 0 Å². The molecular formula is C58H35NO. The van der Waals surface area contributed by atoms with Gasteiger partial charge >= 0.3 is 0 Å². The van der Waals surface area contributed by atoms with E-state index in [0.717, 1.165) is 50.1 Å². The van der Waals surface area contributed by atoms with Gasteiger partial charge in [0.25, 0.3) is 0 Å². The van der Waals surface area contributed by atoms with Crippen molar-refractivity contribution in [2.24, 2.45) is 0 Å². The van der Waals surface area contributed by atoms with Gasteiger partial charge < -0.3 is 9.32 Å². The van der Waals surface area contributed by atoms with E-state index in [0.29, 0.717) is 0 Å². The van der Waals surface area contributed by atoms with Crippen LogP contribution >= 0.6 is 0 Å². The Bertz CT molecular complexity index is 3800. The van der Waals surface area contributed by atoms with Crippen LogP contribution in [0.4, 0.5) is 17.1 Å². The third-order valence-corrected chi connectivity index (χ3v) is 12.8. The molecule has 0 aliphatic rings. The molecule has 0 atom stereocenters. The van der Waals surface area contributed by atoms with Crippen molar-refractivity contribution in [2.45, 2.75) is 0 Å². The van der Waals surface area contributed by atoms with E-state index in [-0.39, 0.29) is 0 Å². The molecule has 0 amide bonds. The first kappa shape index (κ1) is 33.1. The van der Waals surface area contributed by atoms with Gasteiger partial charge in [-0.15, -0.1) is 0 Å². The minimum Gasteiger partial charge on any atom is -0.456 e. The molecule has 0 saturated carbocycles. The lowest BCUT2D eigenvalue weighted by atomic mass is 9.87. The molecule has 0 fully saturated rings. The topological polar surface area (TPSA) is 16.4 Å². The largest absolute Gasteiger partial charge is 0.456 e. The summed E-state index contributed by atoms with van der Waals surface area (Å²) in [5.41, 5.74) is 9.79. The number of para-hydroxylation sites is 1. The van der Waals surface area contributed by atoms with Crippen molar-refractivity contribution in [3.8, 4) is 22.3 Å². The first-order valence-electron chi connectivity index (χ1n) is 20.7. The van der Waals surface area contributed by atoms with Gasteiger partial charge in [-0.1, -0.05) is 164 Å². The minimum atomic E-state index is 0.901. The summed E-state index contributed by atoms with van der Waals surface area (Å²) in [7, 11) is 0. The summed E-state index contributed by atoms with van der Waals surface area (Å²) >= 11 is 0. The van der Waals surface area contributed by atoms with Gasteiger partial charge in [-0.25, -0.2) is 0 Å². The van der Waals surface area contributed by atoms with E-state index in [4.69, 9.17) is 4.42 Å². The van der Waals surface area contributed by atoms with Crippen LogP contribution in [0.3, 0.4) is 0 Å². The quantitative estimate of drug-likeness (QED) is 0.162. The molecule has 0 N–H and O–H groups in total. The van der Waals surface area contributed by atoms with Gasteiger partial charge in [-0.05, 0) is 125 Å². The van der Waals surface area contributed by atoms with E-state index < -0.39 is 0 Å². The van der Waals surface area contributed by atoms with Crippen molar-refractivity contribution in [3.63, 3.8) is 0 Å². The zero-order chi connectivity index (χ0) is 39.3. The molecule has 0 radical (unpaired) electrons. The molecule has 2 nitrogen and oxygen atoms in total. The van der Waals surface area contributed by atoms with Gasteiger partial charge in [-0.3, -0.25) is 0 Å². The SMILES string of the molecule is c1ccc(-c2ccc(N(c3ccc(-c4ccc5c(c4)oc4ccccc45)cc3)c3cc4cccc5c6cccc7ccc8cccc(c9cccc3c9c45)c8c76)cc2)cc1. The molecule has 0 spiro atoms. The number of hydrogen-bond donors (Lipinski definition) is 0. The van der Waals surface area contributed by atoms with Crippen LogP contribution in [0.15, 0.2) is 217 Å². The summed E-state index contributed by atoms with van der Waals surface area (Å²) < 4.78 is 6.29. The Hall–Kier alpha value is -7.94. The average Bonchev–Trinajstić information content (AvgIpc) is 3.69. The maximum absolute atomic E-state index is 6.29. The van der Waals surface area contributed by atoms with Crippen molar-refractivity contribution in [1.82, 2.24) is 0 Å². The lowest BCUT2D eigenvalue weighted by molar-refractivity contribution is 0.669. The van der Waals surface area contributed by atoms with Crippen LogP contribution in [-0.2, 0) is 0 Å². The molecule has 13 aromatic rings. The van der Waals surface area contributed by atoms with Crippen LogP contribution in [0.1, 0.15) is 0 Å². The van der Waals surface area contributed by atoms with Crippen LogP contribution in [0.25, 0.3) is 109 Å². The standard InChI is InChI=1S/C58H35NO/c1-2-10-36(11-3-1)37-24-29-43(30-25-37)59(44-31-26-38(27-32-44)41-28-33-46-45-15-4-5-21-53(45)60-54(46)35-41)52-34-42-14-8-18-48-47-16-6-12-39-22-23-40-13-7-17-49(56(40)55(39)47)50-19-9-20-51(52)58(50)57(42)48/h1-35H. The Morgan fingerprint density at radius 2 is 0.733 bits per heavy atom. The number of rotatable bonds is 5. The third-order valence-electron chi connectivity index (χ3n) is 12.8. The fraction of sp³-hybridized carbons (Fsp3) is 0. The summed E-state index contributed by atoms with van der Waals surface area (Å²) in [6.45, 7) is 0. The Balaban J connectivity index is 1.07. The monoisotopic (exact) mass is 761 g/mol. The van der Waals surface area contributed by atoms with Gasteiger partial charge in [-0.2, -0.15) is 0 Å². The number of nitrogens with zero attached hydrogens (tertiary/aromatic N) is 1. The van der Waals surface area contributed by atoms with Crippen LogP contribution < -0.4 is 4.90 Å². The summed E-state index contributed by atoms with van der Waals surface area (Å²) in [5, 5.41) is 17.5. The smallest absolute Gasteiger partial charge is 0.136 e.